The van der Waals surface area contributed by atoms with Gasteiger partial charge in [-0.3, -0.25) is 0 Å². The maximum atomic E-state index is 12.3. The van der Waals surface area contributed by atoms with Gasteiger partial charge >= 0.3 is 6.09 Å². The number of carbonyl (C=O) groups is 1. The summed E-state index contributed by atoms with van der Waals surface area (Å²) in [5, 5.41) is 0. The standard InChI is InChI=1S/C24H31N3O3/c1-26(2)20-10-7-18(8-11-20)19-9-12-23(25-17-19)29-22-13-15-27(16-14-22)24(28)30-21-5-3-4-6-21/h7-12,17,21-22H,3-6,13-16H2,1-2H3. The van der Waals surface area contributed by atoms with E-state index in [4.69, 9.17) is 9.47 Å². The number of ether oxygens (including phenoxy) is 2. The summed E-state index contributed by atoms with van der Waals surface area (Å²) in [7, 11) is 4.07. The van der Waals surface area contributed by atoms with Crippen LogP contribution in [0.3, 0.4) is 0 Å². The molecule has 1 saturated heterocycles. The summed E-state index contributed by atoms with van der Waals surface area (Å²) in [6, 6.07) is 12.4. The highest BCUT2D eigenvalue weighted by atomic mass is 16.6. The largest absolute Gasteiger partial charge is 0.474 e. The van der Waals surface area contributed by atoms with E-state index in [1.54, 1.807) is 0 Å². The molecule has 1 aromatic heterocycles. The van der Waals surface area contributed by atoms with Gasteiger partial charge in [0.05, 0.1) is 0 Å². The third-order valence-electron chi connectivity index (χ3n) is 6.01. The van der Waals surface area contributed by atoms with E-state index < -0.39 is 0 Å². The maximum Gasteiger partial charge on any atom is 0.410 e. The minimum Gasteiger partial charge on any atom is -0.474 e. The van der Waals surface area contributed by atoms with Crippen molar-refractivity contribution in [1.82, 2.24) is 9.88 Å². The van der Waals surface area contributed by atoms with Crippen molar-refractivity contribution >= 4 is 11.8 Å². The lowest BCUT2D eigenvalue weighted by Gasteiger charge is -2.32. The monoisotopic (exact) mass is 409 g/mol. The Morgan fingerprint density at radius 1 is 0.933 bits per heavy atom. The van der Waals surface area contributed by atoms with Crippen LogP contribution in [0.25, 0.3) is 11.1 Å². The molecule has 1 saturated carbocycles. The number of aromatic nitrogens is 1. The quantitative estimate of drug-likeness (QED) is 0.714. The van der Waals surface area contributed by atoms with Crippen molar-refractivity contribution in [2.75, 3.05) is 32.1 Å². The molecule has 6 nitrogen and oxygen atoms in total. The van der Waals surface area contributed by atoms with Gasteiger partial charge in [-0.25, -0.2) is 9.78 Å². The van der Waals surface area contributed by atoms with Crippen molar-refractivity contribution in [3.63, 3.8) is 0 Å². The van der Waals surface area contributed by atoms with E-state index in [1.807, 2.05) is 37.3 Å². The van der Waals surface area contributed by atoms with E-state index in [2.05, 4.69) is 34.1 Å². The summed E-state index contributed by atoms with van der Waals surface area (Å²) in [5.41, 5.74) is 3.37. The summed E-state index contributed by atoms with van der Waals surface area (Å²) >= 11 is 0. The average molecular weight is 410 g/mol. The van der Waals surface area contributed by atoms with E-state index in [-0.39, 0.29) is 18.3 Å². The highest BCUT2D eigenvalue weighted by Crippen LogP contribution is 2.25. The second kappa shape index (κ2) is 9.37. The summed E-state index contributed by atoms with van der Waals surface area (Å²) in [4.78, 5) is 20.7. The zero-order valence-electron chi connectivity index (χ0n) is 17.9. The zero-order valence-corrected chi connectivity index (χ0v) is 17.9. The molecule has 1 aromatic carbocycles. The van der Waals surface area contributed by atoms with Gasteiger partial charge in [0, 0.05) is 63.5 Å². The van der Waals surface area contributed by atoms with Gasteiger partial charge in [0.2, 0.25) is 5.88 Å². The van der Waals surface area contributed by atoms with E-state index in [9.17, 15) is 4.79 Å². The Bertz CT molecular complexity index is 822. The van der Waals surface area contributed by atoms with Crippen molar-refractivity contribution in [2.24, 2.45) is 0 Å². The van der Waals surface area contributed by atoms with Crippen molar-refractivity contribution in [1.29, 1.82) is 0 Å². The third kappa shape index (κ3) is 5.04. The third-order valence-corrected chi connectivity index (χ3v) is 6.01. The average Bonchev–Trinajstić information content (AvgIpc) is 3.28. The molecule has 2 aliphatic rings. The highest BCUT2D eigenvalue weighted by molar-refractivity contribution is 5.68. The summed E-state index contributed by atoms with van der Waals surface area (Å²) in [5.74, 6) is 0.635. The minimum absolute atomic E-state index is 0.0817. The molecule has 2 fully saturated rings. The van der Waals surface area contributed by atoms with Crippen LogP contribution in [0.2, 0.25) is 0 Å². The fraction of sp³-hybridized carbons (Fsp3) is 0.500. The molecule has 0 spiro atoms. The van der Waals surface area contributed by atoms with Crippen LogP contribution < -0.4 is 9.64 Å². The second-order valence-electron chi connectivity index (χ2n) is 8.42. The molecule has 1 amide bonds. The summed E-state index contributed by atoms with van der Waals surface area (Å²) in [6.07, 6.45) is 7.84. The molecule has 0 N–H and O–H groups in total. The molecule has 160 valence electrons. The van der Waals surface area contributed by atoms with Crippen molar-refractivity contribution in [3.8, 4) is 17.0 Å². The molecule has 2 aromatic rings. The van der Waals surface area contributed by atoms with Gasteiger partial charge in [0.1, 0.15) is 12.2 Å². The first-order valence-electron chi connectivity index (χ1n) is 10.9. The molecule has 1 aliphatic heterocycles. The first-order chi connectivity index (χ1) is 14.6. The number of carbonyl (C=O) groups excluding carboxylic acids is 1. The van der Waals surface area contributed by atoms with E-state index in [0.29, 0.717) is 19.0 Å². The smallest absolute Gasteiger partial charge is 0.410 e. The molecular weight excluding hydrogens is 378 g/mol. The number of piperidine rings is 1. The van der Waals surface area contributed by atoms with Crippen molar-refractivity contribution in [3.05, 3.63) is 42.6 Å². The van der Waals surface area contributed by atoms with E-state index in [1.165, 1.54) is 18.5 Å². The van der Waals surface area contributed by atoms with Crippen LogP contribution in [-0.2, 0) is 4.74 Å². The number of hydrogen-bond acceptors (Lipinski definition) is 5. The number of anilines is 1. The number of rotatable bonds is 5. The fourth-order valence-corrected chi connectivity index (χ4v) is 4.12. The lowest BCUT2D eigenvalue weighted by molar-refractivity contribution is 0.0431. The van der Waals surface area contributed by atoms with Crippen molar-refractivity contribution < 1.29 is 14.3 Å². The van der Waals surface area contributed by atoms with Gasteiger partial charge in [0.15, 0.2) is 0 Å². The Morgan fingerprint density at radius 2 is 1.60 bits per heavy atom. The zero-order chi connectivity index (χ0) is 20.9. The second-order valence-corrected chi connectivity index (χ2v) is 8.42. The van der Waals surface area contributed by atoms with Crippen LogP contribution in [0, 0.1) is 0 Å². The number of hydrogen-bond donors (Lipinski definition) is 0. The number of nitrogens with zero attached hydrogens (tertiary/aromatic N) is 3. The van der Waals surface area contributed by atoms with Crippen LogP contribution in [0.1, 0.15) is 38.5 Å². The Hall–Kier alpha value is -2.76. The molecule has 0 unspecified atom stereocenters. The number of likely N-dealkylation sites (tertiary alicyclic amines) is 1. The normalized spacial score (nSPS) is 17.7. The van der Waals surface area contributed by atoms with Crippen LogP contribution in [0.15, 0.2) is 42.6 Å². The summed E-state index contributed by atoms with van der Waals surface area (Å²) in [6.45, 7) is 1.35. The van der Waals surface area contributed by atoms with Crippen LogP contribution in [-0.4, -0.2) is 55.4 Å². The van der Waals surface area contributed by atoms with Crippen LogP contribution >= 0.6 is 0 Å². The van der Waals surface area contributed by atoms with Gasteiger partial charge in [-0.1, -0.05) is 12.1 Å². The molecule has 0 bridgehead atoms. The molecule has 1 aliphatic carbocycles. The topological polar surface area (TPSA) is 54.9 Å². The highest BCUT2D eigenvalue weighted by Gasteiger charge is 2.27. The van der Waals surface area contributed by atoms with Crippen molar-refractivity contribution in [2.45, 2.75) is 50.7 Å². The molecule has 6 heteroatoms. The molecular formula is C24H31N3O3. The number of benzene rings is 1. The van der Waals surface area contributed by atoms with Gasteiger partial charge in [-0.2, -0.15) is 0 Å². The Kier molecular flexibility index (Phi) is 6.41. The van der Waals surface area contributed by atoms with Gasteiger partial charge in [-0.15, -0.1) is 0 Å². The summed E-state index contributed by atoms with van der Waals surface area (Å²) < 4.78 is 11.7. The van der Waals surface area contributed by atoms with E-state index >= 15 is 0 Å². The molecule has 30 heavy (non-hydrogen) atoms. The minimum atomic E-state index is -0.164. The van der Waals surface area contributed by atoms with Crippen LogP contribution in [0.4, 0.5) is 10.5 Å². The Morgan fingerprint density at radius 3 is 2.20 bits per heavy atom. The fourth-order valence-electron chi connectivity index (χ4n) is 4.12. The van der Waals surface area contributed by atoms with Gasteiger partial charge in [0.25, 0.3) is 0 Å². The Balaban J connectivity index is 1.26. The molecule has 0 radical (unpaired) electrons. The van der Waals surface area contributed by atoms with E-state index in [0.717, 1.165) is 36.8 Å². The number of pyridine rings is 1. The first-order valence-corrected chi connectivity index (χ1v) is 10.9. The lowest BCUT2D eigenvalue weighted by atomic mass is 10.1. The molecule has 0 atom stereocenters. The molecule has 4 rings (SSSR count). The Labute approximate surface area is 178 Å². The SMILES string of the molecule is CN(C)c1ccc(-c2ccc(OC3CCN(C(=O)OC4CCCC4)CC3)nc2)cc1. The van der Waals surface area contributed by atoms with Gasteiger partial charge < -0.3 is 19.3 Å². The predicted molar refractivity (Wildman–Crippen MR) is 118 cm³/mol. The lowest BCUT2D eigenvalue weighted by Crippen LogP contribution is -2.43. The number of amides is 1. The maximum absolute atomic E-state index is 12.3. The predicted octanol–water partition coefficient (Wildman–Crippen LogP) is 4.74. The van der Waals surface area contributed by atoms with Crippen LogP contribution in [0.5, 0.6) is 5.88 Å². The first kappa shape index (κ1) is 20.5. The molecule has 2 heterocycles. The van der Waals surface area contributed by atoms with Gasteiger partial charge in [-0.05, 0) is 49.4 Å².